The van der Waals surface area contributed by atoms with Gasteiger partial charge in [0.1, 0.15) is 5.82 Å². The number of anilines is 1. The van der Waals surface area contributed by atoms with Crippen molar-refractivity contribution in [1.29, 1.82) is 0 Å². The first-order valence-corrected chi connectivity index (χ1v) is 8.27. The number of carbonyl (C=O) groups excluding carboxylic acids is 2. The van der Waals surface area contributed by atoms with Gasteiger partial charge in [0, 0.05) is 19.5 Å². The summed E-state index contributed by atoms with van der Waals surface area (Å²) in [4.78, 5) is 26.3. The van der Waals surface area contributed by atoms with Gasteiger partial charge >= 0.3 is 0 Å². The summed E-state index contributed by atoms with van der Waals surface area (Å²) in [5.41, 5.74) is 0.908. The Bertz CT molecular complexity index is 722. The fourth-order valence-electron chi connectivity index (χ4n) is 2.37. The van der Waals surface area contributed by atoms with E-state index in [1.54, 1.807) is 24.3 Å². The molecule has 4 nitrogen and oxygen atoms in total. The SMILES string of the molecule is CC(=O)Nc1ccc(C(=O)N(Cc2ccc(F)cc2)C2CC2)s1. The van der Waals surface area contributed by atoms with E-state index in [1.165, 1.54) is 30.4 Å². The molecular weight excluding hydrogens is 315 g/mol. The number of carbonyl (C=O) groups is 2. The quantitative estimate of drug-likeness (QED) is 0.908. The molecule has 6 heteroatoms. The van der Waals surface area contributed by atoms with E-state index >= 15 is 0 Å². The Labute approximate surface area is 137 Å². The minimum atomic E-state index is -0.281. The van der Waals surface area contributed by atoms with E-state index in [-0.39, 0.29) is 23.7 Å². The summed E-state index contributed by atoms with van der Waals surface area (Å²) in [5.74, 6) is -0.481. The zero-order valence-corrected chi connectivity index (χ0v) is 13.5. The Hall–Kier alpha value is -2.21. The van der Waals surface area contributed by atoms with Crippen LogP contribution in [0.5, 0.6) is 0 Å². The van der Waals surface area contributed by atoms with Crippen molar-refractivity contribution in [2.75, 3.05) is 5.32 Å². The highest BCUT2D eigenvalue weighted by Gasteiger charge is 2.33. The Morgan fingerprint density at radius 1 is 1.22 bits per heavy atom. The highest BCUT2D eigenvalue weighted by Crippen LogP contribution is 2.32. The maximum absolute atomic E-state index is 13.0. The highest BCUT2D eigenvalue weighted by molar-refractivity contribution is 7.18. The number of benzene rings is 1. The second kappa shape index (κ2) is 6.50. The van der Waals surface area contributed by atoms with Crippen LogP contribution >= 0.6 is 11.3 Å². The molecule has 1 aromatic carbocycles. The van der Waals surface area contributed by atoms with Gasteiger partial charge in [-0.15, -0.1) is 11.3 Å². The van der Waals surface area contributed by atoms with E-state index < -0.39 is 0 Å². The van der Waals surface area contributed by atoms with Gasteiger partial charge in [-0.3, -0.25) is 9.59 Å². The summed E-state index contributed by atoms with van der Waals surface area (Å²) in [5, 5.41) is 3.35. The Balaban J connectivity index is 1.75. The molecule has 0 radical (unpaired) electrons. The third kappa shape index (κ3) is 3.96. The third-order valence-corrected chi connectivity index (χ3v) is 4.62. The first-order chi connectivity index (χ1) is 11.0. The molecule has 23 heavy (non-hydrogen) atoms. The summed E-state index contributed by atoms with van der Waals surface area (Å²) < 4.78 is 13.0. The molecule has 3 rings (SSSR count). The maximum Gasteiger partial charge on any atom is 0.264 e. The molecule has 0 atom stereocenters. The number of nitrogens with zero attached hydrogens (tertiary/aromatic N) is 1. The Morgan fingerprint density at radius 2 is 1.91 bits per heavy atom. The van der Waals surface area contributed by atoms with E-state index in [9.17, 15) is 14.0 Å². The zero-order valence-electron chi connectivity index (χ0n) is 12.7. The first-order valence-electron chi connectivity index (χ1n) is 7.46. The van der Waals surface area contributed by atoms with Crippen molar-refractivity contribution in [1.82, 2.24) is 4.90 Å². The van der Waals surface area contributed by atoms with Crippen molar-refractivity contribution < 1.29 is 14.0 Å². The predicted octanol–water partition coefficient (Wildman–Crippen LogP) is 3.65. The van der Waals surface area contributed by atoms with Crippen LogP contribution in [0.4, 0.5) is 9.39 Å². The van der Waals surface area contributed by atoms with Crippen LogP contribution in [0.2, 0.25) is 0 Å². The topological polar surface area (TPSA) is 49.4 Å². The van der Waals surface area contributed by atoms with Gasteiger partial charge in [-0.2, -0.15) is 0 Å². The molecule has 0 saturated heterocycles. The second-order valence-electron chi connectivity index (χ2n) is 5.64. The largest absolute Gasteiger partial charge is 0.331 e. The molecule has 1 aromatic heterocycles. The van der Waals surface area contributed by atoms with Crippen LogP contribution in [0.25, 0.3) is 0 Å². The average molecular weight is 332 g/mol. The van der Waals surface area contributed by atoms with Gasteiger partial charge < -0.3 is 10.2 Å². The standard InChI is InChI=1S/C17H17FN2O2S/c1-11(21)19-16-9-8-15(23-16)17(22)20(14-6-7-14)10-12-2-4-13(18)5-3-12/h2-5,8-9,14H,6-7,10H2,1H3,(H,19,21). The van der Waals surface area contributed by atoms with Crippen LogP contribution in [-0.2, 0) is 11.3 Å². The summed E-state index contributed by atoms with van der Waals surface area (Å²) >= 11 is 1.27. The number of hydrogen-bond donors (Lipinski definition) is 1. The van der Waals surface area contributed by atoms with Crippen LogP contribution in [0.1, 0.15) is 35.0 Å². The molecule has 1 N–H and O–H groups in total. The van der Waals surface area contributed by atoms with Crippen LogP contribution in [0, 0.1) is 5.82 Å². The molecule has 120 valence electrons. The number of nitrogens with one attached hydrogen (secondary N) is 1. The number of halogens is 1. The molecule has 1 heterocycles. The minimum absolute atomic E-state index is 0.0431. The molecule has 0 bridgehead atoms. The molecule has 0 spiro atoms. The van der Waals surface area contributed by atoms with Crippen LogP contribution in [-0.4, -0.2) is 22.8 Å². The van der Waals surface area contributed by atoms with Crippen molar-refractivity contribution in [2.45, 2.75) is 32.4 Å². The summed E-state index contributed by atoms with van der Waals surface area (Å²) in [6, 6.07) is 9.94. The molecule has 1 aliphatic carbocycles. The number of amides is 2. The maximum atomic E-state index is 13.0. The molecule has 1 saturated carbocycles. The molecule has 2 aromatic rings. The smallest absolute Gasteiger partial charge is 0.264 e. The molecule has 2 amide bonds. The van der Waals surface area contributed by atoms with Gasteiger partial charge in [0.15, 0.2) is 0 Å². The fourth-order valence-corrected chi connectivity index (χ4v) is 3.28. The average Bonchev–Trinajstić information content (AvgIpc) is 3.25. The lowest BCUT2D eigenvalue weighted by molar-refractivity contribution is -0.114. The van der Waals surface area contributed by atoms with Gasteiger partial charge in [-0.1, -0.05) is 12.1 Å². The predicted molar refractivity (Wildman–Crippen MR) is 87.9 cm³/mol. The summed E-state index contributed by atoms with van der Waals surface area (Å²) in [7, 11) is 0. The third-order valence-electron chi connectivity index (χ3n) is 3.63. The van der Waals surface area contributed by atoms with Gasteiger partial charge in [-0.05, 0) is 42.7 Å². The zero-order chi connectivity index (χ0) is 16.4. The van der Waals surface area contributed by atoms with Crippen LogP contribution in [0.15, 0.2) is 36.4 Å². The van der Waals surface area contributed by atoms with Crippen molar-refractivity contribution in [2.24, 2.45) is 0 Å². The normalized spacial score (nSPS) is 13.7. The fraction of sp³-hybridized carbons (Fsp3) is 0.294. The first kappa shape index (κ1) is 15.7. The van der Waals surface area contributed by atoms with E-state index in [4.69, 9.17) is 0 Å². The van der Waals surface area contributed by atoms with Gasteiger partial charge in [-0.25, -0.2) is 4.39 Å². The van der Waals surface area contributed by atoms with Crippen molar-refractivity contribution >= 4 is 28.2 Å². The van der Waals surface area contributed by atoms with E-state index in [0.717, 1.165) is 18.4 Å². The van der Waals surface area contributed by atoms with Crippen molar-refractivity contribution in [3.05, 3.63) is 52.7 Å². The van der Waals surface area contributed by atoms with E-state index in [0.29, 0.717) is 16.4 Å². The molecular formula is C17H17FN2O2S. The molecule has 1 aliphatic rings. The Morgan fingerprint density at radius 3 is 2.52 bits per heavy atom. The minimum Gasteiger partial charge on any atom is -0.331 e. The van der Waals surface area contributed by atoms with Crippen molar-refractivity contribution in [3.63, 3.8) is 0 Å². The van der Waals surface area contributed by atoms with E-state index in [2.05, 4.69) is 5.32 Å². The van der Waals surface area contributed by atoms with Gasteiger partial charge in [0.25, 0.3) is 5.91 Å². The van der Waals surface area contributed by atoms with Gasteiger partial charge in [0.2, 0.25) is 5.91 Å². The van der Waals surface area contributed by atoms with Gasteiger partial charge in [0.05, 0.1) is 9.88 Å². The lowest BCUT2D eigenvalue weighted by Gasteiger charge is -2.22. The second-order valence-corrected chi connectivity index (χ2v) is 6.72. The molecule has 0 unspecified atom stereocenters. The Kier molecular flexibility index (Phi) is 4.43. The number of hydrogen-bond acceptors (Lipinski definition) is 3. The summed E-state index contributed by atoms with van der Waals surface area (Å²) in [6.07, 6.45) is 1.99. The lowest BCUT2D eigenvalue weighted by atomic mass is 10.2. The summed E-state index contributed by atoms with van der Waals surface area (Å²) in [6.45, 7) is 1.91. The monoisotopic (exact) mass is 332 g/mol. The molecule has 1 fully saturated rings. The lowest BCUT2D eigenvalue weighted by Crippen LogP contribution is -2.32. The van der Waals surface area contributed by atoms with Crippen LogP contribution in [0.3, 0.4) is 0 Å². The van der Waals surface area contributed by atoms with Crippen molar-refractivity contribution in [3.8, 4) is 0 Å². The molecule has 0 aliphatic heterocycles. The number of thiophene rings is 1. The van der Waals surface area contributed by atoms with Crippen LogP contribution < -0.4 is 5.32 Å². The van der Waals surface area contributed by atoms with E-state index in [1.807, 2.05) is 4.90 Å². The number of rotatable bonds is 5. The highest BCUT2D eigenvalue weighted by atomic mass is 32.1.